The molecule has 35 heavy (non-hydrogen) atoms. The van der Waals surface area contributed by atoms with Gasteiger partial charge in [0.15, 0.2) is 6.20 Å². The molecule has 8 rings (SSSR count). The monoisotopic (exact) mass is 454 g/mol. The first kappa shape index (κ1) is 19.6. The van der Waals surface area contributed by atoms with E-state index in [1.165, 1.54) is 85.9 Å². The maximum Gasteiger partial charge on any atom is 0.224 e. The van der Waals surface area contributed by atoms with Crippen LogP contribution in [0.1, 0.15) is 48.3 Å². The van der Waals surface area contributed by atoms with E-state index in [2.05, 4.69) is 71.2 Å². The van der Waals surface area contributed by atoms with Gasteiger partial charge in [-0.25, -0.2) is 9.41 Å². The van der Waals surface area contributed by atoms with E-state index < -0.39 is 0 Å². The van der Waals surface area contributed by atoms with Crippen molar-refractivity contribution in [2.24, 2.45) is 18.9 Å². The number of hydrogen-bond donors (Lipinski definition) is 0. The van der Waals surface area contributed by atoms with Crippen LogP contribution in [0.3, 0.4) is 0 Å². The first-order chi connectivity index (χ1) is 17.0. The highest BCUT2D eigenvalue weighted by Crippen LogP contribution is 2.54. The predicted octanol–water partition coefficient (Wildman–Crippen LogP) is 7.89. The molecule has 3 unspecified atom stereocenters. The molecule has 2 bridgehead atoms. The average molecular weight is 455 g/mol. The zero-order valence-electron chi connectivity index (χ0n) is 20.5. The molecule has 2 aliphatic carbocycles. The summed E-state index contributed by atoms with van der Waals surface area (Å²) >= 11 is 0. The van der Waals surface area contributed by atoms with Gasteiger partial charge < -0.3 is 4.40 Å². The van der Waals surface area contributed by atoms with Crippen molar-refractivity contribution in [1.29, 1.82) is 0 Å². The summed E-state index contributed by atoms with van der Waals surface area (Å²) in [6.45, 7) is 12.5. The second-order valence-corrected chi connectivity index (χ2v) is 11.3. The molecule has 2 saturated carbocycles. The maximum absolute atomic E-state index is 7.99. The summed E-state index contributed by atoms with van der Waals surface area (Å²) < 4.78 is 4.76. The van der Waals surface area contributed by atoms with Crippen LogP contribution in [0.15, 0.2) is 48.7 Å². The van der Waals surface area contributed by atoms with E-state index in [4.69, 9.17) is 6.57 Å². The molecule has 2 fully saturated rings. The van der Waals surface area contributed by atoms with Gasteiger partial charge in [0.25, 0.3) is 0 Å². The van der Waals surface area contributed by atoms with Crippen molar-refractivity contribution in [1.82, 2.24) is 4.40 Å². The molecule has 3 heterocycles. The van der Waals surface area contributed by atoms with Crippen LogP contribution in [0, 0.1) is 32.3 Å². The molecular weight excluding hydrogens is 426 g/mol. The van der Waals surface area contributed by atoms with Gasteiger partial charge in [0, 0.05) is 11.5 Å². The van der Waals surface area contributed by atoms with E-state index in [0.717, 1.165) is 23.0 Å². The summed E-state index contributed by atoms with van der Waals surface area (Å²) in [5.41, 5.74) is 9.77. The summed E-state index contributed by atoms with van der Waals surface area (Å²) in [5, 5.41) is 6.42. The van der Waals surface area contributed by atoms with Gasteiger partial charge in [-0.2, -0.15) is 0 Å². The Morgan fingerprint density at radius 2 is 1.86 bits per heavy atom. The van der Waals surface area contributed by atoms with Gasteiger partial charge >= 0.3 is 0 Å². The fourth-order valence-corrected chi connectivity index (χ4v) is 7.91. The van der Waals surface area contributed by atoms with Crippen LogP contribution in [0.4, 0.5) is 5.69 Å². The van der Waals surface area contributed by atoms with E-state index in [1.54, 1.807) is 0 Å². The smallest absolute Gasteiger partial charge is 0.224 e. The van der Waals surface area contributed by atoms with Crippen molar-refractivity contribution in [2.75, 3.05) is 0 Å². The summed E-state index contributed by atoms with van der Waals surface area (Å²) in [4.78, 5) is 3.99. The number of benzene rings is 3. The second kappa shape index (κ2) is 6.52. The Balaban J connectivity index is 1.67. The molecule has 0 N–H and O–H groups in total. The summed E-state index contributed by atoms with van der Waals surface area (Å²) in [5.74, 6) is 2.43. The molecule has 170 valence electrons. The van der Waals surface area contributed by atoms with Crippen molar-refractivity contribution in [3.05, 3.63) is 76.8 Å². The van der Waals surface area contributed by atoms with Crippen molar-refractivity contribution in [3.8, 4) is 0 Å². The van der Waals surface area contributed by atoms with Crippen molar-refractivity contribution >= 4 is 54.7 Å². The van der Waals surface area contributed by atoms with Crippen LogP contribution < -0.4 is 4.57 Å². The Hall–Kier alpha value is -3.64. The van der Waals surface area contributed by atoms with Crippen molar-refractivity contribution in [2.45, 2.75) is 45.4 Å². The number of rotatable bonds is 1. The average Bonchev–Trinajstić information content (AvgIpc) is 3.59. The molecule has 3 atom stereocenters. The number of aryl methyl sites for hydroxylation is 3. The van der Waals surface area contributed by atoms with Gasteiger partial charge in [-0.3, -0.25) is 0 Å². The number of pyridine rings is 2. The minimum atomic E-state index is 0.672. The Bertz CT molecular complexity index is 1920. The number of fused-ring (bicyclic) bond motifs is 7. The molecule has 3 aromatic heterocycles. The molecule has 0 radical (unpaired) electrons. The maximum atomic E-state index is 7.99. The molecular formula is C32H28N3+. The highest BCUT2D eigenvalue weighted by Gasteiger charge is 2.40. The van der Waals surface area contributed by atoms with E-state index in [9.17, 15) is 0 Å². The second-order valence-electron chi connectivity index (χ2n) is 11.3. The molecule has 2 aliphatic rings. The predicted molar refractivity (Wildman–Crippen MR) is 144 cm³/mol. The molecule has 3 aromatic carbocycles. The minimum absolute atomic E-state index is 0.672. The van der Waals surface area contributed by atoms with Crippen molar-refractivity contribution < 1.29 is 4.57 Å². The van der Waals surface area contributed by atoms with Crippen LogP contribution in [0.5, 0.6) is 0 Å². The summed E-state index contributed by atoms with van der Waals surface area (Å²) in [6, 6.07) is 15.8. The van der Waals surface area contributed by atoms with Crippen LogP contribution in [0.2, 0.25) is 0 Å². The lowest BCUT2D eigenvalue weighted by atomic mass is 9.82. The minimum Gasteiger partial charge on any atom is -0.317 e. The van der Waals surface area contributed by atoms with Crippen molar-refractivity contribution in [3.63, 3.8) is 0 Å². The first-order valence-corrected chi connectivity index (χ1v) is 13.0. The van der Waals surface area contributed by atoms with Crippen LogP contribution in [-0.2, 0) is 7.05 Å². The third kappa shape index (κ3) is 2.33. The highest BCUT2D eigenvalue weighted by atomic mass is 15.0. The molecule has 0 saturated heterocycles. The van der Waals surface area contributed by atoms with E-state index >= 15 is 0 Å². The zero-order chi connectivity index (χ0) is 23.6. The largest absolute Gasteiger partial charge is 0.317 e. The number of nitrogens with zero attached hydrogens (tertiary/aromatic N) is 3. The first-order valence-electron chi connectivity index (χ1n) is 13.0. The summed E-state index contributed by atoms with van der Waals surface area (Å²) in [6.07, 6.45) is 7.80. The van der Waals surface area contributed by atoms with Crippen LogP contribution >= 0.6 is 0 Å². The molecule has 0 spiro atoms. The Morgan fingerprint density at radius 3 is 2.63 bits per heavy atom. The van der Waals surface area contributed by atoms with Gasteiger partial charge in [-0.1, -0.05) is 30.7 Å². The van der Waals surface area contributed by atoms with Crippen LogP contribution in [-0.4, -0.2) is 4.40 Å². The number of aromatic nitrogens is 2. The van der Waals surface area contributed by atoms with Gasteiger partial charge in [0.05, 0.1) is 33.9 Å². The van der Waals surface area contributed by atoms with Crippen LogP contribution in [0.25, 0.3) is 53.8 Å². The van der Waals surface area contributed by atoms with Gasteiger partial charge in [0.1, 0.15) is 7.05 Å². The number of hydrogen-bond acceptors (Lipinski definition) is 0. The standard InChI is InChI=1S/C32H28N3/c1-17-12-25-23-6-5-7-26(33-3)30(23)35-27-16-22(24-14-19-8-9-20(24)13-19)15-21-10-11-34(4)32(29(21)27)28(18(17)2)31(25)35/h5-7,10-12,15-16,19-20,24H,8-9,13-14H2,1-2,4H3/q+1. The third-order valence-electron chi connectivity index (χ3n) is 9.57. The van der Waals surface area contributed by atoms with E-state index in [1.807, 2.05) is 12.1 Å². The highest BCUT2D eigenvalue weighted by molar-refractivity contribution is 6.27. The molecule has 0 amide bonds. The molecule has 3 heteroatoms. The fourth-order valence-electron chi connectivity index (χ4n) is 7.91. The molecule has 0 aliphatic heterocycles. The Morgan fingerprint density at radius 1 is 0.971 bits per heavy atom. The Labute approximate surface area is 204 Å². The van der Waals surface area contributed by atoms with Gasteiger partial charge in [-0.05, 0) is 90.5 Å². The quantitative estimate of drug-likeness (QED) is 0.104. The van der Waals surface area contributed by atoms with E-state index in [-0.39, 0.29) is 0 Å². The lowest BCUT2D eigenvalue weighted by Gasteiger charge is -2.23. The lowest BCUT2D eigenvalue weighted by molar-refractivity contribution is -0.643. The topological polar surface area (TPSA) is 12.6 Å². The lowest BCUT2D eigenvalue weighted by Crippen LogP contribution is -2.29. The van der Waals surface area contributed by atoms with Gasteiger partial charge in [-0.15, -0.1) is 0 Å². The SMILES string of the molecule is [C-]#[N+]c1cccc2c3cc(C)c(C)c4c3n(c3cc(C5CC6CCC5C6)cc5cc[n+](C)c4c53)c12. The fraction of sp³-hybridized carbons (Fsp3) is 0.312. The Kier molecular flexibility index (Phi) is 3.66. The number of para-hydroxylation sites is 1. The third-order valence-corrected chi connectivity index (χ3v) is 9.57. The molecule has 3 nitrogen and oxygen atoms in total. The molecule has 6 aromatic rings. The zero-order valence-corrected chi connectivity index (χ0v) is 20.5. The van der Waals surface area contributed by atoms with Gasteiger partial charge in [0.2, 0.25) is 11.2 Å². The normalized spacial score (nSPS) is 21.9. The van der Waals surface area contributed by atoms with E-state index in [0.29, 0.717) is 5.92 Å². The summed E-state index contributed by atoms with van der Waals surface area (Å²) in [7, 11) is 2.18.